The highest BCUT2D eigenvalue weighted by Gasteiger charge is 2.37. The van der Waals surface area contributed by atoms with Gasteiger partial charge in [0.25, 0.3) is 0 Å². The van der Waals surface area contributed by atoms with Gasteiger partial charge in [0.1, 0.15) is 5.82 Å². The van der Waals surface area contributed by atoms with Crippen molar-refractivity contribution in [2.45, 2.75) is 37.6 Å². The maximum Gasteiger partial charge on any atom is 0.125 e. The summed E-state index contributed by atoms with van der Waals surface area (Å²) in [4.78, 5) is 2.28. The molecule has 2 fully saturated rings. The van der Waals surface area contributed by atoms with Gasteiger partial charge >= 0.3 is 0 Å². The molecule has 1 saturated carbocycles. The zero-order valence-corrected chi connectivity index (χ0v) is 10.1. The third-order valence-electron chi connectivity index (χ3n) is 4.19. The van der Waals surface area contributed by atoms with Gasteiger partial charge in [0.2, 0.25) is 0 Å². The van der Waals surface area contributed by atoms with Crippen LogP contribution in [-0.2, 0) is 5.54 Å². The van der Waals surface area contributed by atoms with E-state index in [0.717, 1.165) is 37.2 Å². The minimum atomic E-state index is -0.203. The zero-order chi connectivity index (χ0) is 11.9. The van der Waals surface area contributed by atoms with E-state index >= 15 is 0 Å². The van der Waals surface area contributed by atoms with Crippen LogP contribution in [0.3, 0.4) is 0 Å². The summed E-state index contributed by atoms with van der Waals surface area (Å²) in [6.45, 7) is 2.07. The average Bonchev–Trinajstić information content (AvgIpc) is 2.79. The molecule has 1 saturated heterocycles. The van der Waals surface area contributed by atoms with Gasteiger partial charge in [-0.1, -0.05) is 6.07 Å². The normalized spacial score (nSPS) is 22.6. The summed E-state index contributed by atoms with van der Waals surface area (Å²) in [6, 6.07) is 5.09. The summed E-state index contributed by atoms with van der Waals surface area (Å²) >= 11 is 0. The first-order valence-electron chi connectivity index (χ1n) is 6.53. The first-order valence-corrected chi connectivity index (χ1v) is 6.53. The van der Waals surface area contributed by atoms with Gasteiger partial charge in [-0.05, 0) is 49.8 Å². The van der Waals surface area contributed by atoms with Gasteiger partial charge in [-0.25, -0.2) is 4.39 Å². The van der Waals surface area contributed by atoms with Crippen molar-refractivity contribution >= 4 is 5.69 Å². The third-order valence-corrected chi connectivity index (χ3v) is 4.19. The number of anilines is 1. The van der Waals surface area contributed by atoms with Crippen molar-refractivity contribution in [2.75, 3.05) is 18.0 Å². The van der Waals surface area contributed by atoms with E-state index in [1.54, 1.807) is 12.1 Å². The molecule has 0 amide bonds. The molecule has 1 aromatic rings. The van der Waals surface area contributed by atoms with E-state index in [2.05, 4.69) is 4.90 Å². The van der Waals surface area contributed by atoms with Crippen LogP contribution >= 0.6 is 0 Å². The Balaban J connectivity index is 2.01. The largest absolute Gasteiger partial charge is 0.371 e. The quantitative estimate of drug-likeness (QED) is 0.852. The van der Waals surface area contributed by atoms with Crippen LogP contribution in [0.25, 0.3) is 0 Å². The van der Waals surface area contributed by atoms with Crippen molar-refractivity contribution < 1.29 is 4.39 Å². The second-order valence-electron chi connectivity index (χ2n) is 5.37. The molecule has 0 aromatic heterocycles. The van der Waals surface area contributed by atoms with Gasteiger partial charge in [0.05, 0.1) is 0 Å². The molecule has 92 valence electrons. The molecule has 3 rings (SSSR count). The fourth-order valence-electron chi connectivity index (χ4n) is 2.97. The summed E-state index contributed by atoms with van der Waals surface area (Å²) in [7, 11) is 0. The lowest BCUT2D eigenvalue weighted by Crippen LogP contribution is -2.44. The van der Waals surface area contributed by atoms with Gasteiger partial charge in [-0.15, -0.1) is 0 Å². The molecule has 17 heavy (non-hydrogen) atoms. The fraction of sp³-hybridized carbons (Fsp3) is 0.571. The maximum atomic E-state index is 13.4. The lowest BCUT2D eigenvalue weighted by atomic mass is 9.72. The molecule has 0 atom stereocenters. The monoisotopic (exact) mass is 234 g/mol. The Labute approximate surface area is 102 Å². The van der Waals surface area contributed by atoms with Crippen molar-refractivity contribution in [3.8, 4) is 0 Å². The van der Waals surface area contributed by atoms with E-state index in [9.17, 15) is 4.39 Å². The van der Waals surface area contributed by atoms with E-state index < -0.39 is 0 Å². The van der Waals surface area contributed by atoms with Crippen molar-refractivity contribution in [1.29, 1.82) is 0 Å². The summed E-state index contributed by atoms with van der Waals surface area (Å²) in [5.74, 6) is -0.154. The molecule has 1 aliphatic heterocycles. The van der Waals surface area contributed by atoms with Crippen LogP contribution in [0, 0.1) is 5.82 Å². The van der Waals surface area contributed by atoms with Crippen molar-refractivity contribution in [3.05, 3.63) is 29.6 Å². The van der Waals surface area contributed by atoms with E-state index in [1.807, 2.05) is 6.07 Å². The van der Waals surface area contributed by atoms with Crippen molar-refractivity contribution in [2.24, 2.45) is 5.73 Å². The minimum absolute atomic E-state index is 0.154. The molecular weight excluding hydrogens is 215 g/mol. The summed E-state index contributed by atoms with van der Waals surface area (Å²) in [5.41, 5.74) is 8.37. The first kappa shape index (κ1) is 11.0. The summed E-state index contributed by atoms with van der Waals surface area (Å²) in [6.07, 6.45) is 5.65. The Kier molecular flexibility index (Phi) is 2.58. The average molecular weight is 234 g/mol. The number of nitrogens with zero attached hydrogens (tertiary/aromatic N) is 1. The van der Waals surface area contributed by atoms with Crippen LogP contribution in [0.4, 0.5) is 10.1 Å². The van der Waals surface area contributed by atoms with E-state index in [-0.39, 0.29) is 11.4 Å². The van der Waals surface area contributed by atoms with Crippen LogP contribution in [0.15, 0.2) is 18.2 Å². The molecule has 3 heteroatoms. The van der Waals surface area contributed by atoms with E-state index in [4.69, 9.17) is 5.73 Å². The van der Waals surface area contributed by atoms with E-state index in [1.165, 1.54) is 19.3 Å². The second kappa shape index (κ2) is 3.98. The molecule has 0 bridgehead atoms. The van der Waals surface area contributed by atoms with Gasteiger partial charge < -0.3 is 10.6 Å². The number of nitrogens with two attached hydrogens (primary N) is 1. The predicted molar refractivity (Wildman–Crippen MR) is 67.6 cm³/mol. The molecule has 0 unspecified atom stereocenters. The van der Waals surface area contributed by atoms with Crippen molar-refractivity contribution in [1.82, 2.24) is 0 Å². The maximum absolute atomic E-state index is 13.4. The molecule has 0 radical (unpaired) electrons. The molecule has 1 heterocycles. The summed E-state index contributed by atoms with van der Waals surface area (Å²) in [5, 5.41) is 0. The van der Waals surface area contributed by atoms with Gasteiger partial charge in [-0.2, -0.15) is 0 Å². The molecule has 2 N–H and O–H groups in total. The zero-order valence-electron chi connectivity index (χ0n) is 10.1. The smallest absolute Gasteiger partial charge is 0.125 e. The molecule has 1 aliphatic carbocycles. The highest BCUT2D eigenvalue weighted by Crippen LogP contribution is 2.43. The number of halogens is 1. The Morgan fingerprint density at radius 3 is 2.41 bits per heavy atom. The Bertz CT molecular complexity index is 420. The molecule has 1 aromatic carbocycles. The van der Waals surface area contributed by atoms with Crippen LogP contribution in [0.5, 0.6) is 0 Å². The summed E-state index contributed by atoms with van der Waals surface area (Å²) < 4.78 is 13.4. The lowest BCUT2D eigenvalue weighted by molar-refractivity contribution is 0.254. The van der Waals surface area contributed by atoms with E-state index in [0.29, 0.717) is 0 Å². The first-order chi connectivity index (χ1) is 8.19. The lowest BCUT2D eigenvalue weighted by Gasteiger charge is -2.41. The number of benzene rings is 1. The fourth-order valence-corrected chi connectivity index (χ4v) is 2.97. The topological polar surface area (TPSA) is 29.3 Å². The number of hydrogen-bond donors (Lipinski definition) is 1. The minimum Gasteiger partial charge on any atom is -0.371 e. The Morgan fingerprint density at radius 2 is 1.82 bits per heavy atom. The predicted octanol–water partition coefficient (Wildman–Crippen LogP) is 2.76. The SMILES string of the molecule is NC1(c2ccc(F)cc2N2CCCC2)CCC1. The number of hydrogen-bond acceptors (Lipinski definition) is 2. The van der Waals surface area contributed by atoms with Crippen LogP contribution in [-0.4, -0.2) is 13.1 Å². The van der Waals surface area contributed by atoms with Gasteiger partial charge in [0, 0.05) is 24.3 Å². The third kappa shape index (κ3) is 1.82. The molecule has 2 aliphatic rings. The van der Waals surface area contributed by atoms with Crippen LogP contribution in [0.2, 0.25) is 0 Å². The molecular formula is C14H19FN2. The highest BCUT2D eigenvalue weighted by atomic mass is 19.1. The van der Waals surface area contributed by atoms with Gasteiger partial charge in [-0.3, -0.25) is 0 Å². The highest BCUT2D eigenvalue weighted by molar-refractivity contribution is 5.58. The second-order valence-corrected chi connectivity index (χ2v) is 5.37. The molecule has 0 spiro atoms. The molecule has 2 nitrogen and oxygen atoms in total. The number of rotatable bonds is 2. The van der Waals surface area contributed by atoms with Crippen molar-refractivity contribution in [3.63, 3.8) is 0 Å². The Hall–Kier alpha value is -1.09. The van der Waals surface area contributed by atoms with Crippen LogP contribution in [0.1, 0.15) is 37.7 Å². The Morgan fingerprint density at radius 1 is 1.12 bits per heavy atom. The van der Waals surface area contributed by atoms with Crippen LogP contribution < -0.4 is 10.6 Å². The van der Waals surface area contributed by atoms with Gasteiger partial charge in [0.15, 0.2) is 0 Å². The standard InChI is InChI=1S/C14H19FN2/c15-11-4-5-12(14(16)6-3-7-14)13(10-11)17-8-1-2-9-17/h4-5,10H,1-3,6-9,16H2.